The molecule has 84 valence electrons. The minimum absolute atomic E-state index is 0.00109. The Labute approximate surface area is 94.2 Å². The Morgan fingerprint density at radius 1 is 1.44 bits per heavy atom. The molecule has 0 saturated carbocycles. The van der Waals surface area contributed by atoms with Gasteiger partial charge in [-0.3, -0.25) is 4.98 Å². The second-order valence-corrected chi connectivity index (χ2v) is 3.65. The van der Waals surface area contributed by atoms with Gasteiger partial charge in [0, 0.05) is 42.8 Å². The number of pyridine rings is 1. The number of rotatable bonds is 4. The van der Waals surface area contributed by atoms with Gasteiger partial charge < -0.3 is 14.4 Å². The summed E-state index contributed by atoms with van der Waals surface area (Å²) >= 11 is 0. The molecule has 0 atom stereocenters. The fourth-order valence-corrected chi connectivity index (χ4v) is 1.66. The van der Waals surface area contributed by atoms with E-state index in [9.17, 15) is 5.11 Å². The molecule has 2 aromatic heterocycles. The van der Waals surface area contributed by atoms with Crippen LogP contribution in [0.5, 0.6) is 0 Å². The summed E-state index contributed by atoms with van der Waals surface area (Å²) in [7, 11) is 1.97. The topological polar surface area (TPSA) is 49.5 Å². The smallest absolute Gasteiger partial charge is 0.0952 e. The molecule has 0 bridgehead atoms. The molecule has 4 heteroatoms. The van der Waals surface area contributed by atoms with E-state index in [0.717, 1.165) is 23.4 Å². The molecule has 0 aliphatic rings. The van der Waals surface area contributed by atoms with Gasteiger partial charge in [-0.2, -0.15) is 0 Å². The van der Waals surface area contributed by atoms with Gasteiger partial charge in [0.2, 0.25) is 0 Å². The number of nitrogens with zero attached hydrogens (tertiary/aromatic N) is 2. The van der Waals surface area contributed by atoms with Crippen LogP contribution in [0, 0.1) is 0 Å². The van der Waals surface area contributed by atoms with Crippen LogP contribution in [0.15, 0.2) is 41.5 Å². The standard InChI is InChI=1S/C12H14N2O2/c1-14(7-10-3-5-16-9-10)12-2-4-13-6-11(12)8-15/h2-6,9,15H,7-8H2,1H3. The summed E-state index contributed by atoms with van der Waals surface area (Å²) in [6.07, 6.45) is 6.78. The molecule has 0 saturated heterocycles. The van der Waals surface area contributed by atoms with Crippen molar-refractivity contribution in [1.82, 2.24) is 4.98 Å². The molecule has 0 amide bonds. The maximum atomic E-state index is 9.21. The predicted octanol–water partition coefficient (Wildman–Crippen LogP) is 1.80. The third-order valence-electron chi connectivity index (χ3n) is 2.46. The molecule has 16 heavy (non-hydrogen) atoms. The number of hydrogen-bond donors (Lipinski definition) is 1. The lowest BCUT2D eigenvalue weighted by Crippen LogP contribution is -2.17. The van der Waals surface area contributed by atoms with E-state index in [1.165, 1.54) is 0 Å². The van der Waals surface area contributed by atoms with Crippen molar-refractivity contribution in [2.24, 2.45) is 0 Å². The highest BCUT2D eigenvalue weighted by Crippen LogP contribution is 2.19. The van der Waals surface area contributed by atoms with Gasteiger partial charge in [0.1, 0.15) is 0 Å². The van der Waals surface area contributed by atoms with Crippen molar-refractivity contribution >= 4 is 5.69 Å². The number of aliphatic hydroxyl groups excluding tert-OH is 1. The highest BCUT2D eigenvalue weighted by atomic mass is 16.3. The average Bonchev–Trinajstić information content (AvgIpc) is 2.81. The van der Waals surface area contributed by atoms with E-state index in [1.54, 1.807) is 24.9 Å². The molecule has 2 heterocycles. The van der Waals surface area contributed by atoms with Crippen molar-refractivity contribution < 1.29 is 9.52 Å². The molecule has 0 spiro atoms. The van der Waals surface area contributed by atoms with Crippen molar-refractivity contribution in [2.75, 3.05) is 11.9 Å². The Morgan fingerprint density at radius 2 is 2.31 bits per heavy atom. The molecular weight excluding hydrogens is 204 g/mol. The quantitative estimate of drug-likeness (QED) is 0.850. The summed E-state index contributed by atoms with van der Waals surface area (Å²) in [5.41, 5.74) is 2.91. The predicted molar refractivity (Wildman–Crippen MR) is 61.0 cm³/mol. The molecule has 0 fully saturated rings. The maximum Gasteiger partial charge on any atom is 0.0952 e. The van der Waals surface area contributed by atoms with Crippen LogP contribution in [0.2, 0.25) is 0 Å². The fraction of sp³-hybridized carbons (Fsp3) is 0.250. The number of aromatic nitrogens is 1. The molecule has 2 aromatic rings. The van der Waals surface area contributed by atoms with Crippen molar-refractivity contribution in [1.29, 1.82) is 0 Å². The summed E-state index contributed by atoms with van der Waals surface area (Å²) < 4.78 is 5.02. The number of anilines is 1. The molecule has 0 aliphatic carbocycles. The van der Waals surface area contributed by atoms with Gasteiger partial charge in [0.05, 0.1) is 19.1 Å². The molecule has 1 N–H and O–H groups in total. The first-order chi connectivity index (χ1) is 7.81. The zero-order valence-corrected chi connectivity index (χ0v) is 9.13. The molecule has 0 radical (unpaired) electrons. The summed E-state index contributed by atoms with van der Waals surface area (Å²) in [6.45, 7) is 0.742. The van der Waals surface area contributed by atoms with E-state index < -0.39 is 0 Å². The maximum absolute atomic E-state index is 9.21. The van der Waals surface area contributed by atoms with Crippen LogP contribution in [-0.4, -0.2) is 17.1 Å². The summed E-state index contributed by atoms with van der Waals surface area (Å²) in [5.74, 6) is 0. The van der Waals surface area contributed by atoms with Gasteiger partial charge >= 0.3 is 0 Å². The van der Waals surface area contributed by atoms with Crippen LogP contribution in [-0.2, 0) is 13.2 Å². The zero-order chi connectivity index (χ0) is 11.4. The Morgan fingerprint density at radius 3 is 3.00 bits per heavy atom. The third-order valence-corrected chi connectivity index (χ3v) is 2.46. The minimum Gasteiger partial charge on any atom is -0.472 e. The third kappa shape index (κ3) is 2.23. The van der Waals surface area contributed by atoms with Gasteiger partial charge in [-0.1, -0.05) is 0 Å². The van der Waals surface area contributed by atoms with Crippen LogP contribution >= 0.6 is 0 Å². The summed E-state index contributed by atoms with van der Waals surface area (Å²) in [6, 6.07) is 3.82. The SMILES string of the molecule is CN(Cc1ccoc1)c1ccncc1CO. The lowest BCUT2D eigenvalue weighted by atomic mass is 10.2. The summed E-state index contributed by atoms with van der Waals surface area (Å²) in [5, 5.41) is 9.21. The van der Waals surface area contributed by atoms with Crippen LogP contribution in [0.25, 0.3) is 0 Å². The van der Waals surface area contributed by atoms with E-state index >= 15 is 0 Å². The zero-order valence-electron chi connectivity index (χ0n) is 9.13. The van der Waals surface area contributed by atoms with Gasteiger partial charge in [-0.15, -0.1) is 0 Å². The van der Waals surface area contributed by atoms with E-state index in [0.29, 0.717) is 0 Å². The Hall–Kier alpha value is -1.81. The largest absolute Gasteiger partial charge is 0.472 e. The Bertz CT molecular complexity index is 440. The number of aliphatic hydroxyl groups is 1. The van der Waals surface area contributed by atoms with Crippen LogP contribution in [0.4, 0.5) is 5.69 Å². The minimum atomic E-state index is -0.00109. The van der Waals surface area contributed by atoms with E-state index in [-0.39, 0.29) is 6.61 Å². The van der Waals surface area contributed by atoms with Crippen molar-refractivity contribution in [3.63, 3.8) is 0 Å². The van der Waals surface area contributed by atoms with Crippen LogP contribution in [0.1, 0.15) is 11.1 Å². The van der Waals surface area contributed by atoms with Gasteiger partial charge in [-0.05, 0) is 12.1 Å². The van der Waals surface area contributed by atoms with Gasteiger partial charge in [0.25, 0.3) is 0 Å². The van der Waals surface area contributed by atoms with Crippen LogP contribution in [0.3, 0.4) is 0 Å². The first-order valence-corrected chi connectivity index (χ1v) is 5.07. The molecular formula is C12H14N2O2. The first kappa shape index (κ1) is 10.7. The summed E-state index contributed by atoms with van der Waals surface area (Å²) in [4.78, 5) is 6.04. The second-order valence-electron chi connectivity index (χ2n) is 3.65. The Kier molecular flexibility index (Phi) is 3.22. The highest BCUT2D eigenvalue weighted by molar-refractivity contribution is 5.51. The van der Waals surface area contributed by atoms with Crippen molar-refractivity contribution in [3.8, 4) is 0 Å². The molecule has 0 aliphatic heterocycles. The van der Waals surface area contributed by atoms with Crippen molar-refractivity contribution in [3.05, 3.63) is 48.2 Å². The van der Waals surface area contributed by atoms with Crippen LogP contribution < -0.4 is 4.90 Å². The van der Waals surface area contributed by atoms with Gasteiger partial charge in [0.15, 0.2) is 0 Å². The van der Waals surface area contributed by atoms with E-state index in [1.807, 2.05) is 19.2 Å². The Balaban J connectivity index is 2.17. The number of furan rings is 1. The van der Waals surface area contributed by atoms with E-state index in [2.05, 4.69) is 9.88 Å². The second kappa shape index (κ2) is 4.81. The fourth-order valence-electron chi connectivity index (χ4n) is 1.66. The lowest BCUT2D eigenvalue weighted by Gasteiger charge is -2.20. The highest BCUT2D eigenvalue weighted by Gasteiger charge is 2.07. The normalized spacial score (nSPS) is 10.4. The lowest BCUT2D eigenvalue weighted by molar-refractivity contribution is 0.281. The van der Waals surface area contributed by atoms with Gasteiger partial charge in [-0.25, -0.2) is 0 Å². The average molecular weight is 218 g/mol. The van der Waals surface area contributed by atoms with E-state index in [4.69, 9.17) is 4.42 Å². The molecule has 0 unspecified atom stereocenters. The number of hydrogen-bond acceptors (Lipinski definition) is 4. The van der Waals surface area contributed by atoms with Crippen molar-refractivity contribution in [2.45, 2.75) is 13.2 Å². The molecule has 4 nitrogen and oxygen atoms in total. The first-order valence-electron chi connectivity index (χ1n) is 5.07. The molecule has 0 aromatic carbocycles. The monoisotopic (exact) mass is 218 g/mol. The molecule has 2 rings (SSSR count).